The molecular formula is C39H63N7O7. The Bertz CT molecular complexity index is 1430. The number of hydrogen-bond donors (Lipinski definition) is 5. The summed E-state index contributed by atoms with van der Waals surface area (Å²) in [5.41, 5.74) is -1.28. The molecule has 0 aromatic heterocycles. The van der Waals surface area contributed by atoms with Gasteiger partial charge < -0.3 is 31.1 Å². The number of piperidine rings is 2. The fourth-order valence-corrected chi connectivity index (χ4v) is 8.66. The van der Waals surface area contributed by atoms with Crippen molar-refractivity contribution in [3.05, 3.63) is 12.7 Å². The second-order valence-electron chi connectivity index (χ2n) is 17.5. The van der Waals surface area contributed by atoms with Gasteiger partial charge >= 0.3 is 12.1 Å². The molecule has 0 radical (unpaired) electrons. The van der Waals surface area contributed by atoms with Gasteiger partial charge in [0.15, 0.2) is 0 Å². The van der Waals surface area contributed by atoms with E-state index >= 15 is 0 Å². The summed E-state index contributed by atoms with van der Waals surface area (Å²) in [4.78, 5) is 97.2. The molecule has 0 aromatic carbocycles. The van der Waals surface area contributed by atoms with E-state index in [4.69, 9.17) is 0 Å². The quantitative estimate of drug-likeness (QED) is 0.133. The molecule has 296 valence electrons. The first-order chi connectivity index (χ1) is 24.8. The Morgan fingerprint density at radius 1 is 0.943 bits per heavy atom. The molecule has 1 unspecified atom stereocenters. The first-order valence-corrected chi connectivity index (χ1v) is 19.5. The average molecular weight is 742 g/mol. The van der Waals surface area contributed by atoms with Gasteiger partial charge in [0.2, 0.25) is 23.5 Å². The van der Waals surface area contributed by atoms with Crippen LogP contribution in [0.15, 0.2) is 12.7 Å². The lowest BCUT2D eigenvalue weighted by Gasteiger charge is -2.43. The molecule has 2 aliphatic carbocycles. The van der Waals surface area contributed by atoms with Crippen molar-refractivity contribution in [2.75, 3.05) is 26.2 Å². The highest BCUT2D eigenvalue weighted by molar-refractivity contribution is 6.38. The zero-order valence-corrected chi connectivity index (χ0v) is 32.9. The lowest BCUT2D eigenvalue weighted by molar-refractivity contribution is -0.146. The molecular weight excluding hydrogens is 678 g/mol. The molecule has 4 rings (SSSR count). The second-order valence-corrected chi connectivity index (χ2v) is 17.5. The summed E-state index contributed by atoms with van der Waals surface area (Å²) in [5.74, 6) is -2.57. The van der Waals surface area contributed by atoms with E-state index < -0.39 is 70.6 Å². The topological polar surface area (TPSA) is 186 Å². The van der Waals surface area contributed by atoms with Crippen LogP contribution in [0.25, 0.3) is 0 Å². The van der Waals surface area contributed by atoms with Crippen molar-refractivity contribution in [2.24, 2.45) is 28.1 Å². The molecule has 8 amide bonds. The second kappa shape index (κ2) is 17.0. The molecule has 6 atom stereocenters. The van der Waals surface area contributed by atoms with Crippen molar-refractivity contribution in [1.29, 1.82) is 0 Å². The summed E-state index contributed by atoms with van der Waals surface area (Å²) in [6, 6.07) is -5.01. The number of carbonyl (C=O) groups excluding carboxylic acids is 7. The Kier molecular flexibility index (Phi) is 13.4. The van der Waals surface area contributed by atoms with Crippen LogP contribution >= 0.6 is 0 Å². The minimum Gasteiger partial charge on any atom is -0.346 e. The standard InChI is InChI=1S/C39H63N7O7/c1-9-16-25(30(48)33(50)40-20-10-2)41-32(49)29-28-24(38(28,6)7)22-46(29)34(51)31(39(8)18-13-11-14-19-39)43-36(53)44-35(52)42-26(37(3,4)5)23-45-21-15-12-17-27(45)47/h10,24-26,28-29,31H,2,9,11-23H2,1,3-8H3,(H,40,50)(H,41,49)(H3,42,43,44,52,53)/t24-,25?,26+,28-,29-,31+/m0/s1. The number of nitrogens with zero attached hydrogens (tertiary/aromatic N) is 2. The number of hydrogen-bond acceptors (Lipinski definition) is 7. The molecule has 0 bridgehead atoms. The Balaban J connectivity index is 1.52. The molecule has 2 aliphatic heterocycles. The lowest BCUT2D eigenvalue weighted by atomic mass is 9.70. The fourth-order valence-electron chi connectivity index (χ4n) is 8.66. The van der Waals surface area contributed by atoms with Crippen molar-refractivity contribution in [2.45, 2.75) is 137 Å². The Hall–Kier alpha value is -3.97. The van der Waals surface area contributed by atoms with Crippen LogP contribution in [0.2, 0.25) is 0 Å². The van der Waals surface area contributed by atoms with Crippen LogP contribution < -0.4 is 26.6 Å². The van der Waals surface area contributed by atoms with Gasteiger partial charge in [0.25, 0.3) is 5.91 Å². The van der Waals surface area contributed by atoms with Gasteiger partial charge in [0.1, 0.15) is 12.1 Å². The van der Waals surface area contributed by atoms with Crippen LogP contribution in [0.4, 0.5) is 9.59 Å². The number of amides is 8. The van der Waals surface area contributed by atoms with E-state index in [1.165, 1.54) is 11.0 Å². The van der Waals surface area contributed by atoms with Crippen molar-refractivity contribution in [3.63, 3.8) is 0 Å². The van der Waals surface area contributed by atoms with Gasteiger partial charge in [-0.15, -0.1) is 6.58 Å². The van der Waals surface area contributed by atoms with E-state index in [0.29, 0.717) is 45.3 Å². The summed E-state index contributed by atoms with van der Waals surface area (Å²) in [6.45, 7) is 18.7. The van der Waals surface area contributed by atoms with E-state index in [0.717, 1.165) is 32.1 Å². The molecule has 5 N–H and O–H groups in total. The number of imide groups is 1. The van der Waals surface area contributed by atoms with Crippen LogP contribution in [0.5, 0.6) is 0 Å². The van der Waals surface area contributed by atoms with Crippen molar-refractivity contribution in [3.8, 4) is 0 Å². The highest BCUT2D eigenvalue weighted by atomic mass is 16.2. The highest BCUT2D eigenvalue weighted by Crippen LogP contribution is 2.65. The summed E-state index contributed by atoms with van der Waals surface area (Å²) < 4.78 is 0. The van der Waals surface area contributed by atoms with Crippen LogP contribution in [-0.4, -0.2) is 102 Å². The van der Waals surface area contributed by atoms with Gasteiger partial charge in [0, 0.05) is 32.6 Å². The summed E-state index contributed by atoms with van der Waals surface area (Å²) in [5, 5.41) is 13.4. The predicted molar refractivity (Wildman–Crippen MR) is 200 cm³/mol. The van der Waals surface area contributed by atoms with Gasteiger partial charge in [-0.3, -0.25) is 29.3 Å². The fraction of sp³-hybridized carbons (Fsp3) is 0.769. The van der Waals surface area contributed by atoms with E-state index in [1.807, 2.05) is 34.6 Å². The Labute approximate surface area is 314 Å². The van der Waals surface area contributed by atoms with Crippen LogP contribution in [0.1, 0.15) is 113 Å². The third-order valence-electron chi connectivity index (χ3n) is 12.2. The minimum atomic E-state index is -1.06. The third-order valence-corrected chi connectivity index (χ3v) is 12.2. The predicted octanol–water partition coefficient (Wildman–Crippen LogP) is 3.40. The van der Waals surface area contributed by atoms with E-state index in [1.54, 1.807) is 4.90 Å². The minimum absolute atomic E-state index is 0.0407. The number of ketones is 1. The normalized spacial score (nSPS) is 24.8. The molecule has 4 fully saturated rings. The van der Waals surface area contributed by atoms with Gasteiger partial charge in [-0.1, -0.05) is 80.2 Å². The van der Waals surface area contributed by atoms with Crippen LogP contribution in [0, 0.1) is 28.1 Å². The van der Waals surface area contributed by atoms with Crippen molar-refractivity contribution < 1.29 is 33.6 Å². The molecule has 0 spiro atoms. The molecule has 14 nitrogen and oxygen atoms in total. The summed E-state index contributed by atoms with van der Waals surface area (Å²) in [6.07, 6.45) is 8.53. The summed E-state index contributed by atoms with van der Waals surface area (Å²) >= 11 is 0. The molecule has 2 saturated heterocycles. The molecule has 2 saturated carbocycles. The Morgan fingerprint density at radius 2 is 1.60 bits per heavy atom. The maximum absolute atomic E-state index is 14.7. The van der Waals surface area contributed by atoms with E-state index in [9.17, 15) is 33.6 Å². The van der Waals surface area contributed by atoms with Crippen molar-refractivity contribution in [1.82, 2.24) is 36.4 Å². The largest absolute Gasteiger partial charge is 0.346 e. The van der Waals surface area contributed by atoms with Gasteiger partial charge in [-0.05, 0) is 60.2 Å². The van der Waals surface area contributed by atoms with Gasteiger partial charge in [0.05, 0.1) is 12.1 Å². The lowest BCUT2D eigenvalue weighted by Crippen LogP contribution is -2.63. The SMILES string of the molecule is C=CCNC(=O)C(=O)C(CCC)NC(=O)[C@@H]1[C@@H]2[C@H](CN1C(=O)[C@@H](NC(=O)NC(=O)N[C@H](CN1CCCCC1=O)C(C)(C)C)C1(C)CCCCC1)C2(C)C. The first-order valence-electron chi connectivity index (χ1n) is 19.5. The molecule has 0 aromatic rings. The number of nitrogens with one attached hydrogen (secondary N) is 5. The molecule has 2 heterocycles. The zero-order chi connectivity index (χ0) is 39.3. The Morgan fingerprint density at radius 3 is 2.21 bits per heavy atom. The first kappa shape index (κ1) is 41.8. The highest BCUT2D eigenvalue weighted by Gasteiger charge is 2.70. The number of urea groups is 2. The zero-order valence-electron chi connectivity index (χ0n) is 32.9. The number of carbonyl (C=O) groups is 7. The van der Waals surface area contributed by atoms with Gasteiger partial charge in [-0.25, -0.2) is 9.59 Å². The maximum Gasteiger partial charge on any atom is 0.323 e. The van der Waals surface area contributed by atoms with Crippen LogP contribution in [-0.2, 0) is 24.0 Å². The van der Waals surface area contributed by atoms with Gasteiger partial charge in [-0.2, -0.15) is 0 Å². The average Bonchev–Trinajstić information content (AvgIpc) is 3.39. The maximum atomic E-state index is 14.7. The number of rotatable bonds is 14. The number of Topliss-reactive ketones (excluding diaryl/α,β-unsaturated/α-hetero) is 1. The third kappa shape index (κ3) is 9.78. The van der Waals surface area contributed by atoms with Crippen molar-refractivity contribution >= 4 is 41.5 Å². The van der Waals surface area contributed by atoms with Crippen LogP contribution in [0.3, 0.4) is 0 Å². The smallest absolute Gasteiger partial charge is 0.323 e. The monoisotopic (exact) mass is 741 g/mol. The van der Waals surface area contributed by atoms with E-state index in [-0.39, 0.29) is 36.1 Å². The number of fused-ring (bicyclic) bond motifs is 1. The molecule has 4 aliphatic rings. The summed E-state index contributed by atoms with van der Waals surface area (Å²) in [7, 11) is 0. The molecule has 14 heteroatoms. The number of likely N-dealkylation sites (tertiary alicyclic amines) is 2. The van der Waals surface area contributed by atoms with E-state index in [2.05, 4.69) is 47.0 Å². The molecule has 53 heavy (non-hydrogen) atoms.